The van der Waals surface area contributed by atoms with Crippen molar-refractivity contribution in [1.29, 1.82) is 0 Å². The number of ether oxygens (including phenoxy) is 2. The predicted molar refractivity (Wildman–Crippen MR) is 90.4 cm³/mol. The third-order valence-electron chi connectivity index (χ3n) is 4.68. The van der Waals surface area contributed by atoms with Gasteiger partial charge in [0.2, 0.25) is 10.0 Å². The topological polar surface area (TPSA) is 72.9 Å². The number of halogens is 3. The van der Waals surface area contributed by atoms with Gasteiger partial charge in [-0.25, -0.2) is 13.2 Å². The summed E-state index contributed by atoms with van der Waals surface area (Å²) < 4.78 is 74.4. The summed E-state index contributed by atoms with van der Waals surface area (Å²) in [5.74, 6) is -0.473. The molecule has 0 aliphatic heterocycles. The van der Waals surface area contributed by atoms with Crippen LogP contribution in [0.1, 0.15) is 31.2 Å². The maximum Gasteiger partial charge on any atom is 0.416 e. The maximum atomic E-state index is 12.7. The first-order valence-corrected chi connectivity index (χ1v) is 9.83. The third-order valence-corrected chi connectivity index (χ3v) is 6.61. The van der Waals surface area contributed by atoms with Crippen LogP contribution in [0.15, 0.2) is 29.2 Å². The molecule has 1 aliphatic rings. The van der Waals surface area contributed by atoms with Gasteiger partial charge < -0.3 is 9.47 Å². The van der Waals surface area contributed by atoms with Crippen LogP contribution in [0.2, 0.25) is 0 Å². The molecule has 0 spiro atoms. The average Bonchev–Trinajstić information content (AvgIpc) is 2.65. The second kappa shape index (κ2) is 8.57. The van der Waals surface area contributed by atoms with E-state index in [1.807, 2.05) is 0 Å². The van der Waals surface area contributed by atoms with Gasteiger partial charge in [0.15, 0.2) is 0 Å². The summed E-state index contributed by atoms with van der Waals surface area (Å²) in [6.45, 7) is -0.147. The van der Waals surface area contributed by atoms with Crippen LogP contribution in [0.3, 0.4) is 0 Å². The molecule has 10 heteroatoms. The van der Waals surface area contributed by atoms with Gasteiger partial charge >= 0.3 is 12.1 Å². The number of rotatable bonds is 6. The second-order valence-corrected chi connectivity index (χ2v) is 8.36. The molecule has 27 heavy (non-hydrogen) atoms. The Bertz CT molecular complexity index is 741. The lowest BCUT2D eigenvalue weighted by atomic mass is 9.93. The first-order chi connectivity index (χ1) is 12.6. The van der Waals surface area contributed by atoms with Crippen molar-refractivity contribution < 1.29 is 35.9 Å². The fraction of sp³-hybridized carbons (Fsp3) is 0.588. The minimum absolute atomic E-state index is 0.147. The van der Waals surface area contributed by atoms with Crippen LogP contribution in [0, 0.1) is 0 Å². The summed E-state index contributed by atoms with van der Waals surface area (Å²) in [7, 11) is -1.21. The first kappa shape index (κ1) is 21.6. The largest absolute Gasteiger partial charge is 0.467 e. The van der Waals surface area contributed by atoms with Gasteiger partial charge in [-0.2, -0.15) is 17.5 Å². The minimum Gasteiger partial charge on any atom is -0.467 e. The molecule has 6 nitrogen and oxygen atoms in total. The number of alkyl halides is 3. The molecule has 0 amide bonds. The van der Waals surface area contributed by atoms with Gasteiger partial charge in [0.05, 0.1) is 23.7 Å². The molecule has 0 radical (unpaired) electrons. The van der Waals surface area contributed by atoms with Gasteiger partial charge in [-0.1, -0.05) is 0 Å². The Morgan fingerprint density at radius 2 is 1.70 bits per heavy atom. The number of hydrogen-bond donors (Lipinski definition) is 0. The molecule has 1 fully saturated rings. The zero-order valence-electron chi connectivity index (χ0n) is 15.0. The fourth-order valence-electron chi connectivity index (χ4n) is 3.00. The summed E-state index contributed by atoms with van der Waals surface area (Å²) in [5.41, 5.74) is -0.896. The van der Waals surface area contributed by atoms with Crippen molar-refractivity contribution in [3.63, 3.8) is 0 Å². The summed E-state index contributed by atoms with van der Waals surface area (Å²) in [5, 5.41) is 0. The van der Waals surface area contributed by atoms with E-state index >= 15 is 0 Å². The van der Waals surface area contributed by atoms with E-state index in [4.69, 9.17) is 4.74 Å². The Morgan fingerprint density at radius 3 is 2.19 bits per heavy atom. The molecule has 0 saturated heterocycles. The number of methoxy groups -OCH3 is 1. The molecule has 2 rings (SSSR count). The van der Waals surface area contributed by atoms with Gasteiger partial charge in [-0.3, -0.25) is 0 Å². The monoisotopic (exact) mass is 409 g/mol. The lowest BCUT2D eigenvalue weighted by molar-refractivity contribution is -0.148. The SMILES string of the molecule is COC(=O)COC1CCC(N(C)S(=O)(=O)c2ccc(C(F)(F)F)cc2)CC1. The van der Waals surface area contributed by atoms with Crippen molar-refractivity contribution in [1.82, 2.24) is 4.31 Å². The van der Waals surface area contributed by atoms with Crippen LogP contribution in [0.25, 0.3) is 0 Å². The summed E-state index contributed by atoms with van der Waals surface area (Å²) in [6.07, 6.45) is -2.45. The first-order valence-electron chi connectivity index (χ1n) is 8.39. The van der Waals surface area contributed by atoms with Crippen LogP contribution < -0.4 is 0 Å². The smallest absolute Gasteiger partial charge is 0.416 e. The summed E-state index contributed by atoms with van der Waals surface area (Å²) in [6, 6.07) is 3.19. The Morgan fingerprint density at radius 1 is 1.15 bits per heavy atom. The van der Waals surface area contributed by atoms with Crippen molar-refractivity contribution in [3.8, 4) is 0 Å². The molecule has 0 heterocycles. The van der Waals surface area contributed by atoms with Crippen LogP contribution in [-0.4, -0.2) is 51.6 Å². The third kappa shape index (κ3) is 5.43. The number of carbonyl (C=O) groups excluding carboxylic acids is 1. The molecular formula is C17H22F3NO5S. The maximum absolute atomic E-state index is 12.7. The van der Waals surface area contributed by atoms with E-state index in [1.54, 1.807) is 0 Å². The number of hydrogen-bond acceptors (Lipinski definition) is 5. The molecular weight excluding hydrogens is 387 g/mol. The average molecular weight is 409 g/mol. The molecule has 1 saturated carbocycles. The van der Waals surface area contributed by atoms with Crippen LogP contribution in [0.5, 0.6) is 0 Å². The quantitative estimate of drug-likeness (QED) is 0.676. The molecule has 0 N–H and O–H groups in total. The Labute approximate surface area is 156 Å². The number of sulfonamides is 1. The number of nitrogens with zero attached hydrogens (tertiary/aromatic N) is 1. The lowest BCUT2D eigenvalue weighted by Crippen LogP contribution is -2.40. The standard InChI is InChI=1S/C17H22F3NO5S/c1-21(13-5-7-14(8-6-13)26-11-16(22)25-2)27(23,24)15-9-3-12(4-10-15)17(18,19)20/h3-4,9-10,13-14H,5-8,11H2,1-2H3. The van der Waals surface area contributed by atoms with Gasteiger partial charge in [0.25, 0.3) is 0 Å². The van der Waals surface area contributed by atoms with Crippen molar-refractivity contribution in [2.45, 2.75) is 48.9 Å². The van der Waals surface area contributed by atoms with Crippen LogP contribution in [-0.2, 0) is 30.5 Å². The zero-order valence-corrected chi connectivity index (χ0v) is 15.8. The number of carbonyl (C=O) groups is 1. The zero-order chi connectivity index (χ0) is 20.2. The van der Waals surface area contributed by atoms with Crippen molar-refractivity contribution in [2.24, 2.45) is 0 Å². The molecule has 0 bridgehead atoms. The highest BCUT2D eigenvalue weighted by Gasteiger charge is 2.34. The van der Waals surface area contributed by atoms with Crippen LogP contribution in [0.4, 0.5) is 13.2 Å². The normalized spacial score (nSPS) is 21.3. The highest BCUT2D eigenvalue weighted by Crippen LogP contribution is 2.31. The number of esters is 1. The summed E-state index contributed by atoms with van der Waals surface area (Å²) in [4.78, 5) is 10.9. The highest BCUT2D eigenvalue weighted by molar-refractivity contribution is 7.89. The van der Waals surface area contributed by atoms with Crippen molar-refractivity contribution in [3.05, 3.63) is 29.8 Å². The Kier molecular flexibility index (Phi) is 6.87. The molecule has 1 aliphatic carbocycles. The van der Waals surface area contributed by atoms with E-state index in [2.05, 4.69) is 4.74 Å². The highest BCUT2D eigenvalue weighted by atomic mass is 32.2. The molecule has 0 atom stereocenters. The predicted octanol–water partition coefficient (Wildman–Crippen LogP) is 2.83. The molecule has 0 unspecified atom stereocenters. The van der Waals surface area contributed by atoms with E-state index in [1.165, 1.54) is 18.5 Å². The number of benzene rings is 1. The fourth-order valence-corrected chi connectivity index (χ4v) is 4.41. The van der Waals surface area contributed by atoms with Gasteiger partial charge in [0, 0.05) is 13.1 Å². The van der Waals surface area contributed by atoms with Crippen LogP contribution >= 0.6 is 0 Å². The molecule has 152 valence electrons. The van der Waals surface area contributed by atoms with E-state index in [9.17, 15) is 26.4 Å². The van der Waals surface area contributed by atoms with E-state index in [0.717, 1.165) is 24.3 Å². The molecule has 0 aromatic heterocycles. The summed E-state index contributed by atoms with van der Waals surface area (Å²) >= 11 is 0. The Hall–Kier alpha value is -1.65. The molecule has 1 aromatic carbocycles. The van der Waals surface area contributed by atoms with E-state index in [-0.39, 0.29) is 23.6 Å². The van der Waals surface area contributed by atoms with Gasteiger partial charge in [0.1, 0.15) is 6.61 Å². The van der Waals surface area contributed by atoms with Crippen molar-refractivity contribution >= 4 is 16.0 Å². The lowest BCUT2D eigenvalue weighted by Gasteiger charge is -2.33. The van der Waals surface area contributed by atoms with Gasteiger partial charge in [-0.05, 0) is 49.9 Å². The molecule has 1 aromatic rings. The van der Waals surface area contributed by atoms with Gasteiger partial charge in [-0.15, -0.1) is 0 Å². The second-order valence-electron chi connectivity index (χ2n) is 6.36. The Balaban J connectivity index is 1.98. The van der Waals surface area contributed by atoms with E-state index in [0.29, 0.717) is 25.7 Å². The minimum atomic E-state index is -4.52. The van der Waals surface area contributed by atoms with E-state index < -0.39 is 27.7 Å². The van der Waals surface area contributed by atoms with Crippen molar-refractivity contribution in [2.75, 3.05) is 20.8 Å².